The molecule has 14 nitrogen and oxygen atoms in total. The molecule has 2 saturated heterocycles. The van der Waals surface area contributed by atoms with Gasteiger partial charge in [-0.15, -0.1) is 0 Å². The van der Waals surface area contributed by atoms with E-state index in [0.29, 0.717) is 0 Å². The Balaban J connectivity index is 0.00000240. The van der Waals surface area contributed by atoms with Crippen molar-refractivity contribution in [2.45, 2.75) is 29.7 Å². The molecule has 0 aromatic carbocycles. The summed E-state index contributed by atoms with van der Waals surface area (Å²) in [6.07, 6.45) is -4.83. The average Bonchev–Trinajstić information content (AvgIpc) is 3.10. The van der Waals surface area contributed by atoms with Gasteiger partial charge in [-0.3, -0.25) is 23.7 Å². The Bertz CT molecular complexity index is 1060. The van der Waals surface area contributed by atoms with Gasteiger partial charge < -0.3 is 35.3 Å². The molecule has 2 aromatic heterocycles. The third-order valence-electron chi connectivity index (χ3n) is 4.09. The highest BCUT2D eigenvalue weighted by atomic mass is 32.2. The van der Waals surface area contributed by atoms with Crippen LogP contribution in [0.25, 0.3) is 11.2 Å². The van der Waals surface area contributed by atoms with Crippen molar-refractivity contribution in [1.82, 2.24) is 19.5 Å². The van der Waals surface area contributed by atoms with Crippen LogP contribution >= 0.6 is 19.6 Å². The zero-order valence-electron chi connectivity index (χ0n) is 14.9. The number of imidazole rings is 1. The second-order valence-corrected chi connectivity index (χ2v) is 8.32. The van der Waals surface area contributed by atoms with Crippen molar-refractivity contribution in [2.75, 3.05) is 18.1 Å². The fourth-order valence-electron chi connectivity index (χ4n) is 2.99. The van der Waals surface area contributed by atoms with E-state index in [1.165, 1.54) is 4.57 Å². The molecule has 2 aromatic rings. The third-order valence-corrected chi connectivity index (χ3v) is 6.03. The number of aliphatic hydroxyl groups is 1. The lowest BCUT2D eigenvalue weighted by Gasteiger charge is -2.34. The molecule has 2 aliphatic rings. The summed E-state index contributed by atoms with van der Waals surface area (Å²) < 4.78 is 27.9. The Morgan fingerprint density at radius 1 is 1.54 bits per heavy atom. The number of nitrogens with two attached hydrogens (primary N) is 2. The topological polar surface area (TPSA) is 221 Å². The molecule has 0 bridgehead atoms. The fraction of sp³-hybridized carbons (Fsp3) is 0.500. The number of carbonyl (C=O) groups is 1. The lowest BCUT2D eigenvalue weighted by Crippen LogP contribution is -2.41. The van der Waals surface area contributed by atoms with Gasteiger partial charge in [0, 0.05) is 0 Å². The summed E-state index contributed by atoms with van der Waals surface area (Å²) in [5.74, 6) is -1.03. The number of ether oxygens (including phenoxy) is 1. The number of nitrogens with one attached hydrogen (secondary N) is 1. The van der Waals surface area contributed by atoms with E-state index in [2.05, 4.69) is 19.5 Å². The van der Waals surface area contributed by atoms with Crippen LogP contribution in [-0.4, -0.2) is 61.2 Å². The van der Waals surface area contributed by atoms with Gasteiger partial charge in [0.2, 0.25) is 11.9 Å². The molecule has 16 heteroatoms. The van der Waals surface area contributed by atoms with E-state index in [4.69, 9.17) is 20.7 Å². The van der Waals surface area contributed by atoms with Crippen molar-refractivity contribution in [1.29, 1.82) is 0 Å². The molecule has 152 valence electrons. The number of nitrogen functional groups attached to an aromatic ring is 1. The highest BCUT2D eigenvalue weighted by Crippen LogP contribution is 2.50. The number of primary amides is 1. The lowest BCUT2D eigenvalue weighted by atomic mass is 10.1. The summed E-state index contributed by atoms with van der Waals surface area (Å²) in [4.78, 5) is 45.3. The first-order valence-electron chi connectivity index (χ1n) is 7.82. The Labute approximate surface area is 161 Å². The summed E-state index contributed by atoms with van der Waals surface area (Å²) in [5, 5.41) is 10.7. The molecule has 1 amide bonds. The molecule has 5 atom stereocenters. The van der Waals surface area contributed by atoms with E-state index in [1.54, 1.807) is 0 Å². The largest absolute Gasteiger partial charge is 1.00 e. The second kappa shape index (κ2) is 6.81. The van der Waals surface area contributed by atoms with Crippen LogP contribution in [0.3, 0.4) is 0 Å². The summed E-state index contributed by atoms with van der Waals surface area (Å²) >= 11 is 0.881. The summed E-state index contributed by atoms with van der Waals surface area (Å²) in [6, 6.07) is 0. The number of aromatic nitrogens is 4. The number of rotatable bonds is 4. The molecule has 2 fully saturated rings. The van der Waals surface area contributed by atoms with Gasteiger partial charge in [-0.1, -0.05) is 11.8 Å². The molecule has 4 heterocycles. The van der Waals surface area contributed by atoms with Crippen molar-refractivity contribution >= 4 is 42.6 Å². The Morgan fingerprint density at radius 3 is 3.00 bits per heavy atom. The monoisotopic (exact) mass is 434 g/mol. The zero-order chi connectivity index (χ0) is 20.2. The smallest absolute Gasteiger partial charge is 0.756 e. The predicted molar refractivity (Wildman–Crippen MR) is 91.9 cm³/mol. The molecule has 6 N–H and O–H groups in total. The number of phosphoric acid groups is 1. The van der Waals surface area contributed by atoms with Crippen molar-refractivity contribution < 1.29 is 34.6 Å². The first kappa shape index (κ1) is 19.3. The van der Waals surface area contributed by atoms with Gasteiger partial charge in [-0.2, -0.15) is 4.98 Å². The Morgan fingerprint density at radius 2 is 2.29 bits per heavy atom. The van der Waals surface area contributed by atoms with Crippen molar-refractivity contribution in [3.05, 3.63) is 10.4 Å². The van der Waals surface area contributed by atoms with Crippen LogP contribution in [0.1, 0.15) is 7.65 Å². The standard InChI is InChI=1S/C12H15N6O8PS/c13-4(19)2-28-12-15-5-8(16-11(14)17-9(5)21)18(12)10-6(20)7-3(25-10)1-24-27(22,23)26-7/h3,6-7,10,20H,1-2H2,(H2,13,19)(H,22,23)(H3,14,16,17,21)/t3?,6?,7-,10-/m1/s1. The maximum absolute atomic E-state index is 12.2. The molecule has 0 radical (unpaired) electrons. The van der Waals surface area contributed by atoms with Gasteiger partial charge in [0.15, 0.2) is 22.5 Å². The number of aromatic amines is 1. The molecule has 0 saturated carbocycles. The Kier molecular flexibility index (Phi) is 4.70. The van der Waals surface area contributed by atoms with E-state index in [0.717, 1.165) is 11.8 Å². The van der Waals surface area contributed by atoms with E-state index in [1.807, 2.05) is 0 Å². The summed E-state index contributed by atoms with van der Waals surface area (Å²) in [7, 11) is -4.57. The number of hydrogen-bond acceptors (Lipinski definition) is 12. The first-order chi connectivity index (χ1) is 13.2. The van der Waals surface area contributed by atoms with E-state index >= 15 is 0 Å². The maximum Gasteiger partial charge on any atom is 1.00 e. The fourth-order valence-corrected chi connectivity index (χ4v) is 4.69. The minimum atomic E-state index is -4.57. The van der Waals surface area contributed by atoms with E-state index < -0.39 is 43.8 Å². The summed E-state index contributed by atoms with van der Waals surface area (Å²) in [5.41, 5.74) is 9.98. The molecule has 4 rings (SSSR count). The van der Waals surface area contributed by atoms with Crippen LogP contribution in [0.4, 0.5) is 5.95 Å². The first-order valence-corrected chi connectivity index (χ1v) is 10.3. The highest BCUT2D eigenvalue weighted by molar-refractivity contribution is 7.99. The number of H-pyrrole nitrogens is 1. The van der Waals surface area contributed by atoms with Crippen molar-refractivity contribution in [2.24, 2.45) is 5.73 Å². The number of anilines is 1. The van der Waals surface area contributed by atoms with E-state index in [-0.39, 0.29) is 36.1 Å². The molecule has 28 heavy (non-hydrogen) atoms. The minimum Gasteiger partial charge on any atom is -0.756 e. The van der Waals surface area contributed by atoms with Gasteiger partial charge in [0.05, 0.1) is 12.4 Å². The molecular weight excluding hydrogens is 419 g/mol. The SMILES string of the molecule is NC(=O)CSc1nc2c(=O)[nH]c(N)nc2n1[C@@H]1OC2COP(=O)([O-])O[C@H]2C1O.[H+]. The number of amides is 1. The van der Waals surface area contributed by atoms with Crippen LogP contribution in [0.2, 0.25) is 0 Å². The molecule has 0 spiro atoms. The molecule has 0 aliphatic carbocycles. The highest BCUT2D eigenvalue weighted by Gasteiger charge is 2.51. The van der Waals surface area contributed by atoms with Crippen LogP contribution < -0.4 is 21.9 Å². The van der Waals surface area contributed by atoms with Gasteiger partial charge >= 0.3 is 1.43 Å². The number of thioether (sulfide) groups is 1. The number of phosphoric ester groups is 1. The average molecular weight is 434 g/mol. The maximum atomic E-state index is 12.2. The minimum absolute atomic E-state index is 0. The molecule has 3 unspecified atom stereocenters. The van der Waals surface area contributed by atoms with Crippen LogP contribution in [0.5, 0.6) is 0 Å². The second-order valence-electron chi connectivity index (χ2n) is 6.01. The zero-order valence-corrected chi connectivity index (χ0v) is 15.6. The predicted octanol–water partition coefficient (Wildman–Crippen LogP) is -2.47. The van der Waals surface area contributed by atoms with E-state index in [9.17, 15) is 24.2 Å². The normalized spacial score (nSPS) is 32.5. The summed E-state index contributed by atoms with van der Waals surface area (Å²) in [6.45, 7) is -0.356. The number of fused-ring (bicyclic) bond motifs is 2. The third kappa shape index (κ3) is 3.30. The van der Waals surface area contributed by atoms with Crippen LogP contribution in [0, 0.1) is 0 Å². The quantitative estimate of drug-likeness (QED) is 0.290. The number of aliphatic hydroxyl groups excluding tert-OH is 1. The van der Waals surface area contributed by atoms with Crippen LogP contribution in [0.15, 0.2) is 9.95 Å². The van der Waals surface area contributed by atoms with Crippen LogP contribution in [-0.2, 0) is 23.1 Å². The van der Waals surface area contributed by atoms with Gasteiger partial charge in [0.25, 0.3) is 13.4 Å². The van der Waals surface area contributed by atoms with Gasteiger partial charge in [-0.05, 0) is 0 Å². The number of carbonyl (C=O) groups excluding carboxylic acids is 1. The number of nitrogens with zero attached hydrogens (tertiary/aromatic N) is 3. The van der Waals surface area contributed by atoms with Gasteiger partial charge in [0.1, 0.15) is 18.3 Å². The molecule has 2 aliphatic heterocycles. The number of hydrogen-bond donors (Lipinski definition) is 4. The van der Waals surface area contributed by atoms with Crippen molar-refractivity contribution in [3.8, 4) is 0 Å². The Hall–Kier alpha value is -2.00. The lowest BCUT2D eigenvalue weighted by molar-refractivity contribution is -0.245. The van der Waals surface area contributed by atoms with Crippen molar-refractivity contribution in [3.63, 3.8) is 0 Å². The molecular formula is C12H15N6O8PS. The van der Waals surface area contributed by atoms with Gasteiger partial charge in [-0.25, -0.2) is 4.98 Å².